The lowest BCUT2D eigenvalue weighted by Gasteiger charge is -2.33. The van der Waals surface area contributed by atoms with E-state index in [4.69, 9.17) is 0 Å². The minimum absolute atomic E-state index is 0.211. The van der Waals surface area contributed by atoms with Gasteiger partial charge in [0.15, 0.2) is 0 Å². The molecule has 3 heteroatoms. The van der Waals surface area contributed by atoms with Crippen molar-refractivity contribution in [2.24, 2.45) is 0 Å². The van der Waals surface area contributed by atoms with E-state index in [-0.39, 0.29) is 11.9 Å². The normalized spacial score (nSPS) is 18.2. The summed E-state index contributed by atoms with van der Waals surface area (Å²) in [5.41, 5.74) is 4.06. The van der Waals surface area contributed by atoms with Crippen LogP contribution in [0.1, 0.15) is 35.1 Å². The van der Waals surface area contributed by atoms with Crippen molar-refractivity contribution in [1.82, 2.24) is 5.32 Å². The Kier molecular flexibility index (Phi) is 3.90. The van der Waals surface area contributed by atoms with Gasteiger partial charge in [-0.25, -0.2) is 4.39 Å². The molecule has 2 aromatic rings. The molecule has 3 rings (SSSR count). The van der Waals surface area contributed by atoms with Gasteiger partial charge in [-0.1, -0.05) is 30.3 Å². The first-order chi connectivity index (χ1) is 9.69. The van der Waals surface area contributed by atoms with Crippen LogP contribution in [0.4, 0.5) is 4.39 Å². The van der Waals surface area contributed by atoms with E-state index in [9.17, 15) is 4.39 Å². The number of fused-ring (bicyclic) bond motifs is 1. The highest BCUT2D eigenvalue weighted by Crippen LogP contribution is 2.40. The van der Waals surface area contributed by atoms with E-state index in [1.807, 2.05) is 19.2 Å². The lowest BCUT2D eigenvalue weighted by Crippen LogP contribution is -2.25. The molecule has 0 aliphatic heterocycles. The highest BCUT2D eigenvalue weighted by Gasteiger charge is 2.28. The molecule has 0 saturated carbocycles. The average molecular weight is 334 g/mol. The van der Waals surface area contributed by atoms with Gasteiger partial charge in [0.2, 0.25) is 0 Å². The van der Waals surface area contributed by atoms with E-state index in [1.165, 1.54) is 17.2 Å². The summed E-state index contributed by atoms with van der Waals surface area (Å²) in [5.74, 6) is 0.394. The molecule has 0 amide bonds. The van der Waals surface area contributed by atoms with Crippen LogP contribution in [-0.2, 0) is 6.42 Å². The largest absolute Gasteiger partial charge is 0.313 e. The molecule has 0 bridgehead atoms. The van der Waals surface area contributed by atoms with Gasteiger partial charge in [0.25, 0.3) is 0 Å². The Morgan fingerprint density at radius 3 is 2.80 bits per heavy atom. The van der Waals surface area contributed by atoms with E-state index in [0.29, 0.717) is 10.4 Å². The SMILES string of the molecule is CNC(CC1Cc2ccccc21)c1ccc(F)c(Br)c1. The van der Waals surface area contributed by atoms with Crippen molar-refractivity contribution < 1.29 is 4.39 Å². The third kappa shape index (κ3) is 2.52. The number of rotatable bonds is 4. The molecule has 0 aromatic heterocycles. The van der Waals surface area contributed by atoms with Gasteiger partial charge in [0, 0.05) is 6.04 Å². The summed E-state index contributed by atoms with van der Waals surface area (Å²) >= 11 is 3.26. The summed E-state index contributed by atoms with van der Waals surface area (Å²) in [5, 5.41) is 3.35. The third-order valence-electron chi connectivity index (χ3n) is 4.18. The quantitative estimate of drug-likeness (QED) is 0.863. The third-order valence-corrected chi connectivity index (χ3v) is 4.78. The Morgan fingerprint density at radius 2 is 2.10 bits per heavy atom. The fourth-order valence-corrected chi connectivity index (χ4v) is 3.40. The van der Waals surface area contributed by atoms with Gasteiger partial charge in [0.05, 0.1) is 4.47 Å². The molecule has 2 atom stereocenters. The molecule has 0 fully saturated rings. The predicted octanol–water partition coefficient (Wildman–Crippen LogP) is 4.58. The number of nitrogens with one attached hydrogen (secondary N) is 1. The highest BCUT2D eigenvalue weighted by atomic mass is 79.9. The fraction of sp³-hybridized carbons (Fsp3) is 0.294. The molecule has 104 valence electrons. The topological polar surface area (TPSA) is 12.0 Å². The standard InChI is InChI=1S/C17H17BrFN/c1-20-17(12-6-7-16(19)15(18)9-12)10-13-8-11-4-2-3-5-14(11)13/h2-7,9,13,17,20H,8,10H2,1H3. The molecule has 0 spiro atoms. The number of hydrogen-bond donors (Lipinski definition) is 1. The maximum Gasteiger partial charge on any atom is 0.137 e. The molecular formula is C17H17BrFN. The van der Waals surface area contributed by atoms with Gasteiger partial charge >= 0.3 is 0 Å². The summed E-state index contributed by atoms with van der Waals surface area (Å²) in [4.78, 5) is 0. The van der Waals surface area contributed by atoms with Crippen LogP contribution in [0.5, 0.6) is 0 Å². The van der Waals surface area contributed by atoms with Crippen LogP contribution in [0.15, 0.2) is 46.9 Å². The number of halogens is 2. The molecule has 2 aromatic carbocycles. The minimum Gasteiger partial charge on any atom is -0.313 e. The van der Waals surface area contributed by atoms with Crippen molar-refractivity contribution in [2.75, 3.05) is 7.05 Å². The van der Waals surface area contributed by atoms with E-state index in [2.05, 4.69) is 45.5 Å². The molecule has 1 N–H and O–H groups in total. The van der Waals surface area contributed by atoms with Gasteiger partial charge in [0.1, 0.15) is 5.82 Å². The Bertz CT molecular complexity index is 626. The Labute approximate surface area is 127 Å². The maximum absolute atomic E-state index is 13.3. The predicted molar refractivity (Wildman–Crippen MR) is 83.4 cm³/mol. The van der Waals surface area contributed by atoms with Crippen molar-refractivity contribution >= 4 is 15.9 Å². The van der Waals surface area contributed by atoms with Crippen LogP contribution in [0.2, 0.25) is 0 Å². The molecule has 0 heterocycles. The van der Waals surface area contributed by atoms with Crippen molar-refractivity contribution in [2.45, 2.75) is 24.8 Å². The molecule has 0 saturated heterocycles. The maximum atomic E-state index is 13.3. The molecule has 1 aliphatic carbocycles. The lowest BCUT2D eigenvalue weighted by molar-refractivity contribution is 0.451. The second-order valence-electron chi connectivity index (χ2n) is 5.35. The van der Waals surface area contributed by atoms with Crippen molar-refractivity contribution in [1.29, 1.82) is 0 Å². The number of hydrogen-bond acceptors (Lipinski definition) is 1. The first-order valence-electron chi connectivity index (χ1n) is 6.89. The summed E-state index contributed by atoms with van der Waals surface area (Å²) in [6.45, 7) is 0. The Morgan fingerprint density at radius 1 is 1.30 bits per heavy atom. The smallest absolute Gasteiger partial charge is 0.137 e. The zero-order valence-electron chi connectivity index (χ0n) is 11.4. The first kappa shape index (κ1) is 13.8. The van der Waals surface area contributed by atoms with Gasteiger partial charge < -0.3 is 5.32 Å². The molecule has 0 radical (unpaired) electrons. The van der Waals surface area contributed by atoms with Gasteiger partial charge in [-0.2, -0.15) is 0 Å². The summed E-state index contributed by atoms with van der Waals surface area (Å²) in [7, 11) is 1.96. The van der Waals surface area contributed by atoms with Crippen LogP contribution in [0, 0.1) is 5.82 Å². The van der Waals surface area contributed by atoms with Crippen molar-refractivity contribution in [3.8, 4) is 0 Å². The molecular weight excluding hydrogens is 317 g/mol. The van der Waals surface area contributed by atoms with Gasteiger partial charge in [-0.05, 0) is 70.6 Å². The van der Waals surface area contributed by atoms with Crippen LogP contribution < -0.4 is 5.32 Å². The van der Waals surface area contributed by atoms with E-state index in [1.54, 1.807) is 0 Å². The van der Waals surface area contributed by atoms with E-state index >= 15 is 0 Å². The van der Waals surface area contributed by atoms with Crippen LogP contribution in [0.25, 0.3) is 0 Å². The zero-order valence-corrected chi connectivity index (χ0v) is 13.0. The van der Waals surface area contributed by atoms with Gasteiger partial charge in [-0.3, -0.25) is 0 Å². The van der Waals surface area contributed by atoms with Crippen molar-refractivity contribution in [3.63, 3.8) is 0 Å². The summed E-state index contributed by atoms with van der Waals surface area (Å²) in [6.07, 6.45) is 2.20. The van der Waals surface area contributed by atoms with Crippen LogP contribution in [0.3, 0.4) is 0 Å². The van der Waals surface area contributed by atoms with Crippen molar-refractivity contribution in [3.05, 3.63) is 69.4 Å². The monoisotopic (exact) mass is 333 g/mol. The van der Waals surface area contributed by atoms with E-state index in [0.717, 1.165) is 18.4 Å². The molecule has 20 heavy (non-hydrogen) atoms. The molecule has 1 aliphatic rings. The zero-order chi connectivity index (χ0) is 14.1. The Balaban J connectivity index is 1.77. The lowest BCUT2D eigenvalue weighted by atomic mass is 9.74. The summed E-state index contributed by atoms with van der Waals surface area (Å²) < 4.78 is 13.9. The molecule has 1 nitrogen and oxygen atoms in total. The number of benzene rings is 2. The van der Waals surface area contributed by atoms with Gasteiger partial charge in [-0.15, -0.1) is 0 Å². The minimum atomic E-state index is -0.211. The Hall–Kier alpha value is -1.19. The summed E-state index contributed by atoms with van der Waals surface area (Å²) in [6, 6.07) is 14.2. The first-order valence-corrected chi connectivity index (χ1v) is 7.68. The van der Waals surface area contributed by atoms with E-state index < -0.39 is 0 Å². The highest BCUT2D eigenvalue weighted by molar-refractivity contribution is 9.10. The second kappa shape index (κ2) is 5.66. The fourth-order valence-electron chi connectivity index (χ4n) is 3.01. The molecule has 2 unspecified atom stereocenters. The van der Waals surface area contributed by atoms with Crippen LogP contribution >= 0.6 is 15.9 Å². The second-order valence-corrected chi connectivity index (χ2v) is 6.20. The van der Waals surface area contributed by atoms with Crippen LogP contribution in [-0.4, -0.2) is 7.05 Å². The average Bonchev–Trinajstić information content (AvgIpc) is 2.44.